The van der Waals surface area contributed by atoms with E-state index in [0.29, 0.717) is 0 Å². The maximum atomic E-state index is 5.32. The molecule has 0 aliphatic heterocycles. The van der Waals surface area contributed by atoms with Crippen LogP contribution >= 0.6 is 15.9 Å². The van der Waals surface area contributed by atoms with Crippen molar-refractivity contribution in [1.29, 1.82) is 0 Å². The monoisotopic (exact) mass is 301 g/mol. The lowest BCUT2D eigenvalue weighted by molar-refractivity contribution is 0.412. The Balaban J connectivity index is 2.13. The fraction of sp³-hybridized carbons (Fsp3) is 0.0667. The molecule has 2 aromatic carbocycles. The predicted molar refractivity (Wildman–Crippen MR) is 78.0 cm³/mol. The smallest absolute Gasteiger partial charge is 0.133 e. The summed E-state index contributed by atoms with van der Waals surface area (Å²) in [5, 5.41) is 1.22. The molecule has 0 saturated heterocycles. The number of methoxy groups -OCH3 is 1. The summed E-state index contributed by atoms with van der Waals surface area (Å²) in [6.45, 7) is 0. The molecule has 1 heterocycles. The van der Waals surface area contributed by atoms with Crippen LogP contribution in [0.15, 0.2) is 53.0 Å². The first kappa shape index (κ1) is 11.4. The van der Waals surface area contributed by atoms with Gasteiger partial charge in [0.05, 0.1) is 11.6 Å². The number of H-pyrrole nitrogens is 1. The van der Waals surface area contributed by atoms with Crippen LogP contribution < -0.4 is 4.74 Å². The number of hydrogen-bond acceptors (Lipinski definition) is 1. The topological polar surface area (TPSA) is 25.0 Å². The summed E-state index contributed by atoms with van der Waals surface area (Å²) in [7, 11) is 1.68. The molecule has 3 heteroatoms. The van der Waals surface area contributed by atoms with Crippen molar-refractivity contribution in [2.75, 3.05) is 7.11 Å². The van der Waals surface area contributed by atoms with E-state index in [4.69, 9.17) is 4.74 Å². The Morgan fingerprint density at radius 1 is 1.06 bits per heavy atom. The number of aromatic nitrogens is 1. The van der Waals surface area contributed by atoms with Crippen molar-refractivity contribution in [2.24, 2.45) is 0 Å². The van der Waals surface area contributed by atoms with Gasteiger partial charge in [0.25, 0.3) is 0 Å². The summed E-state index contributed by atoms with van der Waals surface area (Å²) in [6, 6.07) is 16.5. The van der Waals surface area contributed by atoms with Crippen LogP contribution in [-0.2, 0) is 0 Å². The van der Waals surface area contributed by atoms with E-state index >= 15 is 0 Å². The lowest BCUT2D eigenvalue weighted by Gasteiger charge is -2.05. The number of benzene rings is 2. The normalized spacial score (nSPS) is 10.8. The average molecular weight is 302 g/mol. The van der Waals surface area contributed by atoms with Crippen molar-refractivity contribution in [3.05, 3.63) is 53.0 Å². The fourth-order valence-corrected chi connectivity index (χ4v) is 2.46. The van der Waals surface area contributed by atoms with Gasteiger partial charge >= 0.3 is 0 Å². The molecule has 0 radical (unpaired) electrons. The first-order valence-electron chi connectivity index (χ1n) is 5.69. The standard InChI is InChI=1S/C15H12BrNO/c1-18-15-9-11(6-7-12(15)16)14-8-10-4-2-3-5-13(10)17-14/h2-9,17H,1H3. The Morgan fingerprint density at radius 3 is 2.67 bits per heavy atom. The number of fused-ring (bicyclic) bond motifs is 1. The number of ether oxygens (including phenoxy) is 1. The number of rotatable bonds is 2. The highest BCUT2D eigenvalue weighted by Gasteiger charge is 2.06. The highest BCUT2D eigenvalue weighted by atomic mass is 79.9. The zero-order valence-corrected chi connectivity index (χ0v) is 11.5. The van der Waals surface area contributed by atoms with E-state index in [1.165, 1.54) is 5.39 Å². The average Bonchev–Trinajstić information content (AvgIpc) is 2.83. The summed E-state index contributed by atoms with van der Waals surface area (Å²) >= 11 is 3.46. The van der Waals surface area contributed by atoms with Crippen molar-refractivity contribution in [3.63, 3.8) is 0 Å². The molecule has 3 aromatic rings. The second kappa shape index (κ2) is 4.50. The molecule has 3 rings (SSSR count). The van der Waals surface area contributed by atoms with E-state index in [2.05, 4.69) is 45.2 Å². The van der Waals surface area contributed by atoms with Crippen molar-refractivity contribution < 1.29 is 4.74 Å². The van der Waals surface area contributed by atoms with Gasteiger partial charge in [-0.15, -0.1) is 0 Å². The van der Waals surface area contributed by atoms with Crippen molar-refractivity contribution in [2.45, 2.75) is 0 Å². The van der Waals surface area contributed by atoms with Crippen LogP contribution in [-0.4, -0.2) is 12.1 Å². The zero-order valence-electron chi connectivity index (χ0n) is 9.91. The third kappa shape index (κ3) is 1.91. The maximum absolute atomic E-state index is 5.32. The molecule has 0 spiro atoms. The molecule has 0 aliphatic rings. The molecular formula is C15H12BrNO. The van der Waals surface area contributed by atoms with Crippen molar-refractivity contribution >= 4 is 26.8 Å². The van der Waals surface area contributed by atoms with Gasteiger partial charge in [0, 0.05) is 22.2 Å². The highest BCUT2D eigenvalue weighted by Crippen LogP contribution is 2.31. The molecule has 1 aromatic heterocycles. The van der Waals surface area contributed by atoms with Crippen LogP contribution in [0.5, 0.6) is 5.75 Å². The Bertz CT molecular complexity index is 670. The van der Waals surface area contributed by atoms with Gasteiger partial charge in [-0.2, -0.15) is 0 Å². The quantitative estimate of drug-likeness (QED) is 0.735. The molecule has 2 nitrogen and oxygen atoms in total. The first-order chi connectivity index (χ1) is 8.78. The Kier molecular flexibility index (Phi) is 2.84. The number of para-hydroxylation sites is 1. The third-order valence-electron chi connectivity index (χ3n) is 2.99. The minimum absolute atomic E-state index is 0.839. The van der Waals surface area contributed by atoms with E-state index in [1.54, 1.807) is 7.11 Å². The van der Waals surface area contributed by atoms with Crippen LogP contribution in [0.4, 0.5) is 0 Å². The molecular weight excluding hydrogens is 290 g/mol. The van der Waals surface area contributed by atoms with Crippen LogP contribution in [0.25, 0.3) is 22.2 Å². The molecule has 0 atom stereocenters. The minimum Gasteiger partial charge on any atom is -0.496 e. The van der Waals surface area contributed by atoms with Gasteiger partial charge in [0.2, 0.25) is 0 Å². The largest absolute Gasteiger partial charge is 0.496 e. The highest BCUT2D eigenvalue weighted by molar-refractivity contribution is 9.10. The second-order valence-corrected chi connectivity index (χ2v) is 4.97. The summed E-state index contributed by atoms with van der Waals surface area (Å²) in [5.74, 6) is 0.839. The van der Waals surface area contributed by atoms with E-state index in [0.717, 1.165) is 27.0 Å². The molecule has 0 aliphatic carbocycles. The molecule has 90 valence electrons. The number of nitrogens with one attached hydrogen (secondary N) is 1. The van der Waals surface area contributed by atoms with Gasteiger partial charge in [0.15, 0.2) is 0 Å². The summed E-state index contributed by atoms with van der Waals surface area (Å²) < 4.78 is 6.28. The Labute approximate surface area is 114 Å². The number of aromatic amines is 1. The van der Waals surface area contributed by atoms with Crippen molar-refractivity contribution in [1.82, 2.24) is 4.98 Å². The minimum atomic E-state index is 0.839. The fourth-order valence-electron chi connectivity index (χ4n) is 2.06. The number of halogens is 1. The summed E-state index contributed by atoms with van der Waals surface area (Å²) in [5.41, 5.74) is 3.36. The third-order valence-corrected chi connectivity index (χ3v) is 3.65. The predicted octanol–water partition coefficient (Wildman–Crippen LogP) is 4.61. The molecule has 0 saturated carbocycles. The Morgan fingerprint density at radius 2 is 1.89 bits per heavy atom. The van der Waals surface area contributed by atoms with Gasteiger partial charge < -0.3 is 9.72 Å². The maximum Gasteiger partial charge on any atom is 0.133 e. The lowest BCUT2D eigenvalue weighted by atomic mass is 10.1. The van der Waals surface area contributed by atoms with Gasteiger partial charge in [0.1, 0.15) is 5.75 Å². The zero-order chi connectivity index (χ0) is 12.5. The van der Waals surface area contributed by atoms with E-state index in [-0.39, 0.29) is 0 Å². The Hall–Kier alpha value is -1.74. The van der Waals surface area contributed by atoms with Gasteiger partial charge in [-0.25, -0.2) is 0 Å². The molecule has 0 amide bonds. The molecule has 1 N–H and O–H groups in total. The SMILES string of the molecule is COc1cc(-c2cc3ccccc3[nH]2)ccc1Br. The van der Waals surface area contributed by atoms with Gasteiger partial charge in [-0.1, -0.05) is 24.3 Å². The van der Waals surface area contributed by atoms with Crippen molar-refractivity contribution in [3.8, 4) is 17.0 Å². The molecule has 0 unspecified atom stereocenters. The van der Waals surface area contributed by atoms with Crippen LogP contribution in [0.2, 0.25) is 0 Å². The second-order valence-electron chi connectivity index (χ2n) is 4.12. The number of hydrogen-bond donors (Lipinski definition) is 1. The first-order valence-corrected chi connectivity index (χ1v) is 6.49. The van der Waals surface area contributed by atoms with Gasteiger partial charge in [-0.05, 0) is 40.2 Å². The lowest BCUT2D eigenvalue weighted by Crippen LogP contribution is -1.85. The van der Waals surface area contributed by atoms with E-state index < -0.39 is 0 Å². The summed E-state index contributed by atoms with van der Waals surface area (Å²) in [4.78, 5) is 3.41. The van der Waals surface area contributed by atoms with E-state index in [1.807, 2.05) is 24.3 Å². The van der Waals surface area contributed by atoms with Crippen LogP contribution in [0.1, 0.15) is 0 Å². The summed E-state index contributed by atoms with van der Waals surface area (Å²) in [6.07, 6.45) is 0. The molecule has 0 fully saturated rings. The van der Waals surface area contributed by atoms with Gasteiger partial charge in [-0.3, -0.25) is 0 Å². The molecule has 0 bridgehead atoms. The van der Waals surface area contributed by atoms with Crippen LogP contribution in [0, 0.1) is 0 Å². The van der Waals surface area contributed by atoms with E-state index in [9.17, 15) is 0 Å². The van der Waals surface area contributed by atoms with Crippen LogP contribution in [0.3, 0.4) is 0 Å². The molecule has 18 heavy (non-hydrogen) atoms.